The molecule has 0 saturated carbocycles. The summed E-state index contributed by atoms with van der Waals surface area (Å²) in [5, 5.41) is 0. The van der Waals surface area contributed by atoms with Gasteiger partial charge in [0.05, 0.1) is 5.69 Å². The molecule has 2 aromatic heterocycles. The molecule has 1 aliphatic heterocycles. The van der Waals surface area contributed by atoms with Crippen molar-refractivity contribution < 1.29 is 4.39 Å². The van der Waals surface area contributed by atoms with Crippen LogP contribution in [-0.2, 0) is 19.5 Å². The average molecular weight is 435 g/mol. The molecule has 0 radical (unpaired) electrons. The van der Waals surface area contributed by atoms with Crippen molar-refractivity contribution in [2.24, 2.45) is 0 Å². The van der Waals surface area contributed by atoms with Gasteiger partial charge < -0.3 is 9.80 Å². The molecular formula is C25H31FN6. The maximum atomic E-state index is 13.3. The van der Waals surface area contributed by atoms with E-state index in [4.69, 9.17) is 9.97 Å². The predicted molar refractivity (Wildman–Crippen MR) is 126 cm³/mol. The third-order valence-corrected chi connectivity index (χ3v) is 5.83. The Morgan fingerprint density at radius 2 is 1.84 bits per heavy atom. The summed E-state index contributed by atoms with van der Waals surface area (Å²) in [4.78, 5) is 21.3. The molecule has 0 aliphatic carbocycles. The molecule has 0 spiro atoms. The van der Waals surface area contributed by atoms with Gasteiger partial charge in [-0.3, -0.25) is 9.88 Å². The topological polar surface area (TPSA) is 48.4 Å². The summed E-state index contributed by atoms with van der Waals surface area (Å²) in [5.74, 6) is 1.49. The maximum Gasteiger partial charge on any atom is 0.180 e. The first-order valence-electron chi connectivity index (χ1n) is 11.2. The standard InChI is InChI=1S/C25H31FN6/c1-4-32(16-15-30(2)3)25-21-18-31(17-19-8-10-20(26)11-9-19)14-12-22(21)28-24(29-25)23-7-5-6-13-27-23/h5-11,13H,4,12,14-18H2,1-3H3. The number of nitrogens with zero attached hydrogens (tertiary/aromatic N) is 6. The molecule has 6 nitrogen and oxygen atoms in total. The Labute approximate surface area is 189 Å². The Morgan fingerprint density at radius 1 is 1.03 bits per heavy atom. The second-order valence-electron chi connectivity index (χ2n) is 8.48. The van der Waals surface area contributed by atoms with Crippen molar-refractivity contribution in [2.75, 3.05) is 45.2 Å². The summed E-state index contributed by atoms with van der Waals surface area (Å²) < 4.78 is 13.3. The summed E-state index contributed by atoms with van der Waals surface area (Å²) in [7, 11) is 4.18. The van der Waals surface area contributed by atoms with E-state index in [0.29, 0.717) is 5.82 Å². The van der Waals surface area contributed by atoms with Gasteiger partial charge in [0.2, 0.25) is 0 Å². The molecule has 0 atom stereocenters. The number of rotatable bonds is 8. The van der Waals surface area contributed by atoms with E-state index >= 15 is 0 Å². The number of anilines is 1. The zero-order chi connectivity index (χ0) is 22.5. The molecule has 1 aromatic carbocycles. The molecule has 0 unspecified atom stereocenters. The zero-order valence-electron chi connectivity index (χ0n) is 19.1. The van der Waals surface area contributed by atoms with E-state index in [1.807, 2.05) is 30.3 Å². The van der Waals surface area contributed by atoms with Gasteiger partial charge in [0.1, 0.15) is 17.3 Å². The summed E-state index contributed by atoms with van der Waals surface area (Å²) in [6.45, 7) is 7.36. The molecule has 0 N–H and O–H groups in total. The summed E-state index contributed by atoms with van der Waals surface area (Å²) >= 11 is 0. The van der Waals surface area contributed by atoms with Crippen LogP contribution in [-0.4, -0.2) is 65.0 Å². The highest BCUT2D eigenvalue weighted by Gasteiger charge is 2.25. The van der Waals surface area contributed by atoms with Crippen LogP contribution in [0, 0.1) is 5.82 Å². The number of halogens is 1. The number of fused-ring (bicyclic) bond motifs is 1. The van der Waals surface area contributed by atoms with E-state index in [9.17, 15) is 4.39 Å². The Kier molecular flexibility index (Phi) is 7.07. The van der Waals surface area contributed by atoms with E-state index in [-0.39, 0.29) is 5.82 Å². The van der Waals surface area contributed by atoms with Crippen LogP contribution in [0.4, 0.5) is 10.2 Å². The van der Waals surface area contributed by atoms with E-state index < -0.39 is 0 Å². The van der Waals surface area contributed by atoms with Crippen LogP contribution in [0.3, 0.4) is 0 Å². The maximum absolute atomic E-state index is 13.3. The summed E-state index contributed by atoms with van der Waals surface area (Å²) in [5.41, 5.74) is 4.21. The van der Waals surface area contributed by atoms with Gasteiger partial charge >= 0.3 is 0 Å². The van der Waals surface area contributed by atoms with E-state index in [0.717, 1.165) is 68.5 Å². The minimum Gasteiger partial charge on any atom is -0.355 e. The Morgan fingerprint density at radius 3 is 2.53 bits per heavy atom. The predicted octanol–water partition coefficient (Wildman–Crippen LogP) is 3.62. The van der Waals surface area contributed by atoms with Crippen molar-refractivity contribution in [1.82, 2.24) is 24.8 Å². The highest BCUT2D eigenvalue weighted by Crippen LogP contribution is 2.30. The molecule has 0 fully saturated rings. The fourth-order valence-corrected chi connectivity index (χ4v) is 4.04. The van der Waals surface area contributed by atoms with Crippen molar-refractivity contribution in [3.05, 3.63) is 71.3 Å². The van der Waals surface area contributed by atoms with Crippen LogP contribution in [0.5, 0.6) is 0 Å². The van der Waals surface area contributed by atoms with Crippen molar-refractivity contribution in [3.63, 3.8) is 0 Å². The summed E-state index contributed by atoms with van der Waals surface area (Å²) in [6.07, 6.45) is 2.64. The average Bonchev–Trinajstić information content (AvgIpc) is 2.81. The van der Waals surface area contributed by atoms with Crippen LogP contribution >= 0.6 is 0 Å². The molecular weight excluding hydrogens is 403 g/mol. The van der Waals surface area contributed by atoms with E-state index in [1.165, 1.54) is 17.7 Å². The first kappa shape index (κ1) is 22.3. The highest BCUT2D eigenvalue weighted by atomic mass is 19.1. The quantitative estimate of drug-likeness (QED) is 0.540. The number of likely N-dealkylation sites (N-methyl/N-ethyl adjacent to an activating group) is 2. The fourth-order valence-electron chi connectivity index (χ4n) is 4.04. The first-order valence-corrected chi connectivity index (χ1v) is 11.2. The fraction of sp³-hybridized carbons (Fsp3) is 0.400. The second-order valence-corrected chi connectivity index (χ2v) is 8.48. The summed E-state index contributed by atoms with van der Waals surface area (Å²) in [6, 6.07) is 12.6. The number of aromatic nitrogens is 3. The molecule has 168 valence electrons. The third-order valence-electron chi connectivity index (χ3n) is 5.83. The van der Waals surface area contributed by atoms with Crippen LogP contribution in [0.15, 0.2) is 48.7 Å². The number of hydrogen-bond acceptors (Lipinski definition) is 6. The van der Waals surface area contributed by atoms with Crippen molar-refractivity contribution in [3.8, 4) is 11.5 Å². The van der Waals surface area contributed by atoms with Gasteiger partial charge in [0, 0.05) is 57.4 Å². The lowest BCUT2D eigenvalue weighted by Gasteiger charge is -2.33. The molecule has 0 amide bonds. The van der Waals surface area contributed by atoms with Gasteiger partial charge in [0.15, 0.2) is 5.82 Å². The number of pyridine rings is 1. The molecule has 3 heterocycles. The largest absolute Gasteiger partial charge is 0.355 e. The van der Waals surface area contributed by atoms with Crippen molar-refractivity contribution >= 4 is 5.82 Å². The first-order chi connectivity index (χ1) is 15.5. The minimum absolute atomic E-state index is 0.199. The van der Waals surface area contributed by atoms with Gasteiger partial charge in [-0.25, -0.2) is 14.4 Å². The SMILES string of the molecule is CCN(CCN(C)C)c1nc(-c2ccccn2)nc2c1CN(Cc1ccc(F)cc1)CC2. The molecule has 4 rings (SSSR count). The van der Waals surface area contributed by atoms with Crippen LogP contribution < -0.4 is 4.90 Å². The monoisotopic (exact) mass is 434 g/mol. The third kappa shape index (κ3) is 5.29. The zero-order valence-corrected chi connectivity index (χ0v) is 19.1. The van der Waals surface area contributed by atoms with Crippen LogP contribution in [0.25, 0.3) is 11.5 Å². The van der Waals surface area contributed by atoms with Gasteiger partial charge in [-0.2, -0.15) is 0 Å². The minimum atomic E-state index is -0.199. The molecule has 3 aromatic rings. The van der Waals surface area contributed by atoms with E-state index in [1.54, 1.807) is 6.20 Å². The van der Waals surface area contributed by atoms with Gasteiger partial charge in [-0.05, 0) is 50.8 Å². The smallest absolute Gasteiger partial charge is 0.180 e. The molecule has 1 aliphatic rings. The number of benzene rings is 1. The molecule has 32 heavy (non-hydrogen) atoms. The Hall–Kier alpha value is -2.90. The Bertz CT molecular complexity index is 1020. The highest BCUT2D eigenvalue weighted by molar-refractivity contribution is 5.58. The Balaban J connectivity index is 1.67. The van der Waals surface area contributed by atoms with Gasteiger partial charge in [0.25, 0.3) is 0 Å². The van der Waals surface area contributed by atoms with Crippen molar-refractivity contribution in [2.45, 2.75) is 26.4 Å². The lowest BCUT2D eigenvalue weighted by Crippen LogP contribution is -2.36. The van der Waals surface area contributed by atoms with Gasteiger partial charge in [-0.15, -0.1) is 0 Å². The molecule has 7 heteroatoms. The lowest BCUT2D eigenvalue weighted by atomic mass is 10.0. The van der Waals surface area contributed by atoms with Gasteiger partial charge in [-0.1, -0.05) is 18.2 Å². The van der Waals surface area contributed by atoms with Crippen LogP contribution in [0.1, 0.15) is 23.7 Å². The number of hydrogen-bond donors (Lipinski definition) is 0. The normalized spacial score (nSPS) is 13.9. The lowest BCUT2D eigenvalue weighted by molar-refractivity contribution is 0.243. The van der Waals surface area contributed by atoms with E-state index in [2.05, 4.69) is 40.7 Å². The van der Waals surface area contributed by atoms with Crippen LogP contribution in [0.2, 0.25) is 0 Å². The molecule has 0 saturated heterocycles. The second kappa shape index (κ2) is 10.1. The van der Waals surface area contributed by atoms with Crippen molar-refractivity contribution in [1.29, 1.82) is 0 Å². The molecule has 0 bridgehead atoms.